The number of azide groups is 4. The van der Waals surface area contributed by atoms with Crippen molar-refractivity contribution in [2.24, 2.45) is 20.5 Å². The molecule has 106 heavy (non-hydrogen) atoms. The van der Waals surface area contributed by atoms with E-state index in [2.05, 4.69) is 90.8 Å². The van der Waals surface area contributed by atoms with Crippen LogP contribution in [0.2, 0.25) is 0 Å². The lowest BCUT2D eigenvalue weighted by Gasteiger charge is -2.23. The third kappa shape index (κ3) is 19.9. The van der Waals surface area contributed by atoms with Crippen molar-refractivity contribution in [2.45, 2.75) is 175 Å². The van der Waals surface area contributed by atoms with Crippen molar-refractivity contribution in [3.8, 4) is 0 Å². The number of carbonyl (C=O) groups is 4. The van der Waals surface area contributed by atoms with Gasteiger partial charge in [-0.1, -0.05) is 48.2 Å². The molecule has 4 saturated heterocycles. The van der Waals surface area contributed by atoms with Crippen LogP contribution in [0, 0.1) is 0 Å². The molecule has 0 amide bonds. The second-order valence-corrected chi connectivity index (χ2v) is 22.3. The second kappa shape index (κ2) is 39.8. The van der Waals surface area contributed by atoms with E-state index in [9.17, 15) is 96.8 Å². The van der Waals surface area contributed by atoms with Gasteiger partial charge in [0.25, 0.3) is 25.9 Å². The van der Waals surface area contributed by atoms with Gasteiger partial charge >= 0.3 is 22.8 Å². The Balaban J connectivity index is 0.000000254. The van der Waals surface area contributed by atoms with Gasteiger partial charge in [0.2, 0.25) is 22.9 Å². The molecule has 0 radical (unpaired) electrons. The van der Waals surface area contributed by atoms with Crippen LogP contribution >= 0.6 is 0 Å². The highest BCUT2D eigenvalue weighted by atomic mass is 19.1. The van der Waals surface area contributed by atoms with Gasteiger partial charge in [-0.05, 0) is 59.2 Å². The Morgan fingerprint density at radius 3 is 0.868 bits per heavy atom. The number of alkyl halides is 4. The quantitative estimate of drug-likeness (QED) is 0.00521. The third-order valence-corrected chi connectivity index (χ3v) is 15.8. The number of anilines is 4. The van der Waals surface area contributed by atoms with Crippen molar-refractivity contribution < 1.29 is 115 Å². The van der Waals surface area contributed by atoms with Crippen LogP contribution < -0.4 is 44.0 Å². The summed E-state index contributed by atoms with van der Waals surface area (Å²) in [6.07, 6.45) is -18.0. The lowest BCUT2D eigenvalue weighted by molar-refractivity contribution is -0.133. The highest BCUT2D eigenvalue weighted by Gasteiger charge is 2.59. The van der Waals surface area contributed by atoms with Crippen molar-refractivity contribution in [3.63, 3.8) is 0 Å². The highest BCUT2D eigenvalue weighted by molar-refractivity contribution is 5.41. The summed E-state index contributed by atoms with van der Waals surface area (Å²) >= 11 is 0. The Morgan fingerprint density at radius 2 is 0.689 bits per heavy atom. The molecule has 0 aliphatic carbocycles. The summed E-state index contributed by atoms with van der Waals surface area (Å²) in [5, 5.41) is 101. The molecule has 8 rings (SSSR count). The molecule has 12 N–H and O–H groups in total. The number of halogens is 4. The van der Waals surface area contributed by atoms with Gasteiger partial charge in [0.1, 0.15) is 60.9 Å². The normalized spacial score (nSPS) is 28.5. The second-order valence-electron chi connectivity index (χ2n) is 22.3. The predicted molar refractivity (Wildman–Crippen MR) is 343 cm³/mol. The first-order chi connectivity index (χ1) is 50.7. The molecule has 0 spiro atoms. The molecule has 4 fully saturated rings. The zero-order chi connectivity index (χ0) is 78.7. The lowest BCUT2D eigenvalue weighted by Crippen LogP contribution is -2.43. The maximum atomic E-state index is 14.4. The van der Waals surface area contributed by atoms with E-state index in [0.717, 1.165) is 30.7 Å². The Kier molecular flexibility index (Phi) is 32.2. The van der Waals surface area contributed by atoms with Gasteiger partial charge < -0.3 is 100 Å². The summed E-state index contributed by atoms with van der Waals surface area (Å²) in [5.41, 5.74) is 21.5. The molecule has 0 bridgehead atoms. The third-order valence-electron chi connectivity index (χ3n) is 15.8. The zero-order valence-corrected chi connectivity index (χ0v) is 55.8. The van der Waals surface area contributed by atoms with Gasteiger partial charge in [0.15, 0.2) is 62.1 Å². The molecule has 4 aliphatic heterocycles. The number of carbonyl (C=O) groups excluding carboxylic acids is 4. The first-order valence-electron chi connectivity index (χ1n) is 31.1. The van der Waals surface area contributed by atoms with Crippen LogP contribution in [0.25, 0.3) is 41.8 Å². The van der Waals surface area contributed by atoms with Crippen molar-refractivity contribution in [1.82, 2.24) is 38.2 Å². The summed E-state index contributed by atoms with van der Waals surface area (Å²) < 4.78 is 100. The molecule has 4 aliphatic rings. The maximum absolute atomic E-state index is 14.4. The molecule has 8 unspecified atom stereocenters. The van der Waals surface area contributed by atoms with E-state index < -0.39 is 159 Å². The zero-order valence-electron chi connectivity index (χ0n) is 55.8. The van der Waals surface area contributed by atoms with E-state index in [4.69, 9.17) is 50.5 Å². The number of hydrogen-bond acceptors (Lipinski definition) is 36. The number of hydrogen-bond donors (Lipinski definition) is 12. The number of rotatable bonds is 34. The molecular formula is C54H72F4N24O24. The smallest absolute Gasteiger partial charge is 0.351 e. The minimum absolute atomic E-state index is 0.0670. The van der Waals surface area contributed by atoms with Crippen molar-refractivity contribution in [3.05, 3.63) is 133 Å². The monoisotopic (exact) mass is 1520 g/mol. The highest BCUT2D eigenvalue weighted by Crippen LogP contribution is 2.43. The molecular weight excluding hydrogens is 1440 g/mol. The Hall–Kier alpha value is -10.9. The molecule has 20 atom stereocenters. The number of nitrogens with one attached hydrogen (secondary N) is 4. The Labute approximate surface area is 590 Å². The summed E-state index contributed by atoms with van der Waals surface area (Å²) in [7, 11) is 0. The number of nitrogens with zero attached hydrogens (tertiary/aromatic N) is 20. The van der Waals surface area contributed by atoms with E-state index in [0.29, 0.717) is 38.6 Å². The summed E-state index contributed by atoms with van der Waals surface area (Å²) in [4.78, 5) is 115. The minimum Gasteiger partial charge on any atom is -0.466 e. The Bertz CT molecular complexity index is 3810. The topological polar surface area (TPSA) is 687 Å². The number of ether oxygens (including phenoxy) is 8. The van der Waals surface area contributed by atoms with Crippen LogP contribution in [-0.2, 0) is 57.1 Å². The fourth-order valence-corrected chi connectivity index (χ4v) is 10.0. The molecule has 48 nitrogen and oxygen atoms in total. The van der Waals surface area contributed by atoms with Crippen molar-refractivity contribution in [2.75, 3.05) is 60.9 Å². The first kappa shape index (κ1) is 85.7. The SMILES string of the molecule is CC[C@@H](COC=O)Nc1ccn(C2O[C@@](CO)(N=[N+]=[N-])C(O)[C@@H]2F)c(=O)n1.CC[C@@H](COC=O)Nc1ccn(C2O[C@@](CO)(N=[N+]=[N-])C(O)[C@@H]2F)c(=O)n1.CC[C@H](Nc1ccn(C2O[C@@](CO)(N=[N+]=[N-])C(O)[C@@H]2F)c(=O)n1)OC=O.CC[C@H](Nc1ccn(C2O[C@@](CO)(N=[N+]=[N-])C(O)[C@@H]2F)c(=O)n1)OC=O. The molecule has 0 aromatic carbocycles. The number of aromatic nitrogens is 8. The summed E-state index contributed by atoms with van der Waals surface area (Å²) in [6.45, 7) is 4.42. The molecule has 52 heteroatoms. The van der Waals surface area contributed by atoms with Gasteiger partial charge in [-0.25, -0.2) is 36.7 Å². The van der Waals surface area contributed by atoms with Crippen molar-refractivity contribution in [1.29, 1.82) is 0 Å². The molecule has 0 saturated carbocycles. The average molecular weight is 1520 g/mol. The molecule has 4 aromatic heterocycles. The largest absolute Gasteiger partial charge is 0.466 e. The van der Waals surface area contributed by atoms with Gasteiger partial charge in [-0.2, -0.15) is 19.9 Å². The number of aliphatic hydroxyl groups is 8. The van der Waals surface area contributed by atoms with E-state index >= 15 is 0 Å². The van der Waals surface area contributed by atoms with Crippen LogP contribution in [0.1, 0.15) is 78.3 Å². The van der Waals surface area contributed by atoms with Crippen LogP contribution in [-0.4, -0.2) is 241 Å². The van der Waals surface area contributed by atoms with E-state index in [-0.39, 0.29) is 61.5 Å². The van der Waals surface area contributed by atoms with E-state index in [1.54, 1.807) is 13.8 Å². The maximum Gasteiger partial charge on any atom is 0.351 e. The van der Waals surface area contributed by atoms with Crippen LogP contribution in [0.3, 0.4) is 0 Å². The minimum atomic E-state index is -2.25. The summed E-state index contributed by atoms with van der Waals surface area (Å²) in [5.74, 6) is 0.458. The fraction of sp³-hybridized carbons (Fsp3) is 0.630. The predicted octanol–water partition coefficient (Wildman–Crippen LogP) is -0.751. The van der Waals surface area contributed by atoms with Crippen LogP contribution in [0.15, 0.2) is 88.7 Å². The van der Waals surface area contributed by atoms with Gasteiger partial charge in [-0.15, -0.1) is 0 Å². The molecule has 580 valence electrons. The lowest BCUT2D eigenvalue weighted by atomic mass is 10.1. The average Bonchev–Trinajstić information content (AvgIpc) is 1.64. The molecule has 4 aromatic rings. The fourth-order valence-electron chi connectivity index (χ4n) is 10.0. The van der Waals surface area contributed by atoms with Gasteiger partial charge in [0, 0.05) is 57.3 Å². The van der Waals surface area contributed by atoms with Crippen molar-refractivity contribution >= 4 is 49.2 Å². The summed E-state index contributed by atoms with van der Waals surface area (Å²) in [6, 6.07) is 4.74. The van der Waals surface area contributed by atoms with Crippen LogP contribution in [0.5, 0.6) is 0 Å². The van der Waals surface area contributed by atoms with Gasteiger partial charge in [-0.3, -0.25) is 37.4 Å². The first-order valence-corrected chi connectivity index (χ1v) is 31.1. The van der Waals surface area contributed by atoms with E-state index in [1.165, 1.54) is 36.7 Å². The van der Waals surface area contributed by atoms with E-state index in [1.807, 2.05) is 13.8 Å². The Morgan fingerprint density at radius 1 is 0.453 bits per heavy atom. The van der Waals surface area contributed by atoms with Gasteiger partial charge in [0.05, 0.1) is 38.5 Å². The van der Waals surface area contributed by atoms with Crippen LogP contribution in [0.4, 0.5) is 40.8 Å². The number of aliphatic hydroxyl groups excluding tert-OH is 8. The standard InChI is InChI=1S/2C14H19FN6O6.2C13H17FN6O6/c2*1-2-8(5-26-7-23)17-9-3-4-21(13(25)18-9)12-10(15)11(24)14(6-22,27-12)19-20-16;2*1-2-8(25-6-22)16-7-3-4-20(12(24)17-7)11-9(14)10(23)13(5-21,26-11)18-19-15/h2*3-4,7-8,10-12,22,24H,2,5-6H2,1H3,(H,17,18,25);2*3-4,6,8-11,21,23H,2,5H2,1H3,(H,16,17,24)/t2*8-,10-,11?,12?,14+;2*8-,9+,10?,11?,13-/m0011/s1. The molecule has 8 heterocycles.